The second-order valence-electron chi connectivity index (χ2n) is 7.16. The highest BCUT2D eigenvalue weighted by Gasteiger charge is 2.55. The zero-order valence-corrected chi connectivity index (χ0v) is 15.1. The predicted molar refractivity (Wildman–Crippen MR) is 96.4 cm³/mol. The molecule has 2 aliphatic heterocycles. The number of halogens is 1. The number of benzene rings is 1. The van der Waals surface area contributed by atoms with Gasteiger partial charge in [-0.2, -0.15) is 0 Å². The van der Waals surface area contributed by atoms with Crippen LogP contribution in [0.1, 0.15) is 22.5 Å². The van der Waals surface area contributed by atoms with Gasteiger partial charge in [0.2, 0.25) is 0 Å². The maximum absolute atomic E-state index is 13.3. The molecule has 2 atom stereocenters. The zero-order chi connectivity index (χ0) is 18.5. The van der Waals surface area contributed by atoms with Crippen molar-refractivity contribution in [2.75, 3.05) is 26.3 Å². The molecule has 0 spiro atoms. The van der Waals surface area contributed by atoms with Crippen molar-refractivity contribution in [3.8, 4) is 0 Å². The number of carbonyl (C=O) groups is 2. The Balaban J connectivity index is 1.74. The summed E-state index contributed by atoms with van der Waals surface area (Å²) in [6.45, 7) is 3.11. The molecule has 7 heteroatoms. The van der Waals surface area contributed by atoms with Crippen LogP contribution < -0.4 is 0 Å². The summed E-state index contributed by atoms with van der Waals surface area (Å²) in [5, 5.41) is 11.0. The van der Waals surface area contributed by atoms with Crippen molar-refractivity contribution >= 4 is 34.4 Å². The van der Waals surface area contributed by atoms with Crippen LogP contribution >= 0.6 is 11.6 Å². The van der Waals surface area contributed by atoms with Crippen LogP contribution in [0.25, 0.3) is 10.9 Å². The van der Waals surface area contributed by atoms with Gasteiger partial charge in [0, 0.05) is 35.8 Å². The van der Waals surface area contributed by atoms with E-state index in [0.29, 0.717) is 41.1 Å². The van der Waals surface area contributed by atoms with Crippen molar-refractivity contribution < 1.29 is 19.4 Å². The summed E-state index contributed by atoms with van der Waals surface area (Å²) in [6.07, 6.45) is 0.651. The average Bonchev–Trinajstić information content (AvgIpc) is 3.02. The number of ether oxygens (including phenoxy) is 1. The van der Waals surface area contributed by atoms with E-state index in [0.717, 1.165) is 5.69 Å². The number of hydrogen-bond acceptors (Lipinski definition) is 4. The van der Waals surface area contributed by atoms with Crippen LogP contribution in [0.15, 0.2) is 24.3 Å². The number of fused-ring (bicyclic) bond motifs is 2. The number of carbonyl (C=O) groups excluding carboxylic acids is 1. The maximum atomic E-state index is 13.3. The Hall–Kier alpha value is -2.18. The summed E-state index contributed by atoms with van der Waals surface area (Å²) in [7, 11) is 0. The number of carboxylic acid groups (broad SMARTS) is 1. The van der Waals surface area contributed by atoms with E-state index in [9.17, 15) is 14.7 Å². The summed E-state index contributed by atoms with van der Waals surface area (Å²) in [5.74, 6) is -1.16. The Labute approximate surface area is 155 Å². The lowest BCUT2D eigenvalue weighted by molar-refractivity contribution is -0.159. The van der Waals surface area contributed by atoms with E-state index in [-0.39, 0.29) is 25.0 Å². The first-order valence-electron chi connectivity index (χ1n) is 8.58. The van der Waals surface area contributed by atoms with Gasteiger partial charge < -0.3 is 14.7 Å². The van der Waals surface area contributed by atoms with Gasteiger partial charge in [-0.05, 0) is 43.5 Å². The number of rotatable bonds is 2. The van der Waals surface area contributed by atoms with Gasteiger partial charge in [0.25, 0.3) is 5.91 Å². The van der Waals surface area contributed by atoms with Crippen LogP contribution in [-0.4, -0.2) is 53.2 Å². The van der Waals surface area contributed by atoms with Crippen LogP contribution in [0.4, 0.5) is 0 Å². The molecule has 0 bridgehead atoms. The maximum Gasteiger partial charge on any atom is 0.314 e. The van der Waals surface area contributed by atoms with Crippen LogP contribution in [-0.2, 0) is 9.53 Å². The molecule has 3 heterocycles. The fraction of sp³-hybridized carbons (Fsp3) is 0.421. The van der Waals surface area contributed by atoms with Crippen molar-refractivity contribution in [3.63, 3.8) is 0 Å². The highest BCUT2D eigenvalue weighted by molar-refractivity contribution is 6.31. The Bertz CT molecular complexity index is 916. The van der Waals surface area contributed by atoms with Crippen molar-refractivity contribution in [1.29, 1.82) is 0 Å². The van der Waals surface area contributed by atoms with Crippen LogP contribution in [0.2, 0.25) is 5.02 Å². The molecule has 1 amide bonds. The van der Waals surface area contributed by atoms with Crippen LogP contribution in [0, 0.1) is 18.3 Å². The van der Waals surface area contributed by atoms with Crippen molar-refractivity contribution in [1.82, 2.24) is 9.88 Å². The second kappa shape index (κ2) is 6.21. The molecular formula is C19H19ClN2O4. The second-order valence-corrected chi connectivity index (χ2v) is 7.59. The Kier molecular flexibility index (Phi) is 4.12. The third kappa shape index (κ3) is 2.64. The van der Waals surface area contributed by atoms with Gasteiger partial charge in [0.15, 0.2) is 0 Å². The number of pyridine rings is 1. The molecule has 2 saturated heterocycles. The van der Waals surface area contributed by atoms with E-state index in [1.165, 1.54) is 0 Å². The standard InChI is InChI=1S/C19H19ClN2O4/c1-11-6-15(14-7-13(20)2-3-16(14)21-11)17(23)22-8-12-4-5-26-10-19(12,9-22)18(24)25/h2-3,6-7,12H,4-5,8-10H2,1H3,(H,24,25)/t12-,19+/m0/s1. The minimum Gasteiger partial charge on any atom is -0.481 e. The third-order valence-corrected chi connectivity index (χ3v) is 5.74. The van der Waals surface area contributed by atoms with Gasteiger partial charge in [-0.1, -0.05) is 11.6 Å². The third-order valence-electron chi connectivity index (χ3n) is 5.51. The fourth-order valence-electron chi connectivity index (χ4n) is 4.12. The number of aryl methyl sites for hydroxylation is 1. The van der Waals surface area contributed by atoms with Crippen molar-refractivity contribution in [3.05, 3.63) is 40.5 Å². The number of carboxylic acids is 1. The molecular weight excluding hydrogens is 356 g/mol. The molecule has 2 aliphatic rings. The number of aromatic nitrogens is 1. The van der Waals surface area contributed by atoms with Gasteiger partial charge in [-0.3, -0.25) is 14.6 Å². The summed E-state index contributed by atoms with van der Waals surface area (Å²) >= 11 is 6.11. The number of nitrogens with zero attached hydrogens (tertiary/aromatic N) is 2. The molecule has 2 aromatic rings. The summed E-state index contributed by atoms with van der Waals surface area (Å²) in [6, 6.07) is 7.01. The molecule has 4 rings (SSSR count). The Morgan fingerprint density at radius 3 is 2.92 bits per heavy atom. The molecule has 0 aliphatic carbocycles. The lowest BCUT2D eigenvalue weighted by Crippen LogP contribution is -2.46. The first-order valence-corrected chi connectivity index (χ1v) is 8.96. The number of amides is 1. The predicted octanol–water partition coefficient (Wildman–Crippen LogP) is 2.76. The lowest BCUT2D eigenvalue weighted by Gasteiger charge is -2.33. The van der Waals surface area contributed by atoms with E-state index in [4.69, 9.17) is 16.3 Å². The topological polar surface area (TPSA) is 79.7 Å². The molecule has 0 unspecified atom stereocenters. The van der Waals surface area contributed by atoms with Gasteiger partial charge in [0.05, 0.1) is 17.7 Å². The van der Waals surface area contributed by atoms with Gasteiger partial charge >= 0.3 is 5.97 Å². The summed E-state index contributed by atoms with van der Waals surface area (Å²) in [5.41, 5.74) is 0.931. The van der Waals surface area contributed by atoms with E-state index in [2.05, 4.69) is 4.98 Å². The van der Waals surface area contributed by atoms with Crippen LogP contribution in [0.5, 0.6) is 0 Å². The molecule has 6 nitrogen and oxygen atoms in total. The zero-order valence-electron chi connectivity index (χ0n) is 14.4. The number of likely N-dealkylation sites (tertiary alicyclic amines) is 1. The molecule has 2 fully saturated rings. The summed E-state index contributed by atoms with van der Waals surface area (Å²) in [4.78, 5) is 31.3. The Morgan fingerprint density at radius 2 is 2.19 bits per heavy atom. The van der Waals surface area contributed by atoms with E-state index < -0.39 is 11.4 Å². The van der Waals surface area contributed by atoms with E-state index in [1.54, 1.807) is 29.2 Å². The fourth-order valence-corrected chi connectivity index (χ4v) is 4.29. The van der Waals surface area contributed by atoms with Crippen molar-refractivity contribution in [2.24, 2.45) is 11.3 Å². The van der Waals surface area contributed by atoms with E-state index >= 15 is 0 Å². The molecule has 1 aromatic heterocycles. The SMILES string of the molecule is Cc1cc(C(=O)N2C[C@@H]3CCOC[C@]3(C(=O)O)C2)c2cc(Cl)ccc2n1. The minimum absolute atomic E-state index is 0.0875. The molecule has 136 valence electrons. The molecule has 0 radical (unpaired) electrons. The molecule has 0 saturated carbocycles. The van der Waals surface area contributed by atoms with E-state index in [1.807, 2.05) is 6.92 Å². The number of hydrogen-bond donors (Lipinski definition) is 1. The largest absolute Gasteiger partial charge is 0.481 e. The van der Waals surface area contributed by atoms with Gasteiger partial charge in [-0.15, -0.1) is 0 Å². The highest BCUT2D eigenvalue weighted by atomic mass is 35.5. The average molecular weight is 375 g/mol. The highest BCUT2D eigenvalue weighted by Crippen LogP contribution is 2.42. The van der Waals surface area contributed by atoms with Gasteiger partial charge in [0.1, 0.15) is 5.41 Å². The monoisotopic (exact) mass is 374 g/mol. The normalized spacial score (nSPS) is 25.3. The molecule has 1 N–H and O–H groups in total. The summed E-state index contributed by atoms with van der Waals surface area (Å²) < 4.78 is 5.44. The van der Waals surface area contributed by atoms with Gasteiger partial charge in [-0.25, -0.2) is 0 Å². The lowest BCUT2D eigenvalue weighted by atomic mass is 9.76. The smallest absolute Gasteiger partial charge is 0.314 e. The van der Waals surface area contributed by atoms with Crippen LogP contribution in [0.3, 0.4) is 0 Å². The van der Waals surface area contributed by atoms with Crippen molar-refractivity contribution in [2.45, 2.75) is 13.3 Å². The quantitative estimate of drug-likeness (QED) is 0.874. The first-order chi connectivity index (χ1) is 12.4. The minimum atomic E-state index is -1.01. The molecule has 26 heavy (non-hydrogen) atoms. The number of aliphatic carboxylic acids is 1. The Morgan fingerprint density at radius 1 is 1.38 bits per heavy atom. The molecule has 1 aromatic carbocycles. The first kappa shape index (κ1) is 17.2.